The number of carbonyl (C=O) groups is 2. The molecule has 1 aliphatic rings. The van der Waals surface area contributed by atoms with Crippen LogP contribution in [0.3, 0.4) is 0 Å². The molecule has 5 heteroatoms. The summed E-state index contributed by atoms with van der Waals surface area (Å²) < 4.78 is 0. The molecule has 86 valence electrons. The minimum absolute atomic E-state index is 0.0190. The van der Waals surface area contributed by atoms with Gasteiger partial charge in [0.2, 0.25) is 11.8 Å². The van der Waals surface area contributed by atoms with E-state index >= 15 is 0 Å². The van der Waals surface area contributed by atoms with Gasteiger partial charge in [-0.3, -0.25) is 9.59 Å². The summed E-state index contributed by atoms with van der Waals surface area (Å²) in [5.74, 6) is 0.0106. The molecule has 1 rings (SSSR count). The lowest BCUT2D eigenvalue weighted by molar-refractivity contribution is -0.133. The summed E-state index contributed by atoms with van der Waals surface area (Å²) in [7, 11) is 1.76. The van der Waals surface area contributed by atoms with Crippen molar-refractivity contribution in [1.82, 2.24) is 9.80 Å². The molecule has 1 atom stereocenters. The third-order valence-electron chi connectivity index (χ3n) is 2.89. The number of hydrogen-bond acceptors (Lipinski definition) is 3. The quantitative estimate of drug-likeness (QED) is 0.681. The highest BCUT2D eigenvalue weighted by molar-refractivity contribution is 5.79. The van der Waals surface area contributed by atoms with Gasteiger partial charge >= 0.3 is 0 Å². The number of nitrogens with zero attached hydrogens (tertiary/aromatic N) is 2. The van der Waals surface area contributed by atoms with Crippen molar-refractivity contribution < 1.29 is 9.59 Å². The van der Waals surface area contributed by atoms with Gasteiger partial charge in [-0.15, -0.1) is 0 Å². The second-order valence-corrected chi connectivity index (χ2v) is 3.99. The lowest BCUT2D eigenvalue weighted by Crippen LogP contribution is -2.45. The Balaban J connectivity index is 2.53. The molecule has 0 spiro atoms. The summed E-state index contributed by atoms with van der Waals surface area (Å²) in [6.07, 6.45) is 1.96. The third kappa shape index (κ3) is 2.92. The largest absolute Gasteiger partial charge is 0.344 e. The van der Waals surface area contributed by atoms with Crippen LogP contribution in [0.1, 0.15) is 19.8 Å². The maximum Gasteiger partial charge on any atom is 0.236 e. The zero-order valence-corrected chi connectivity index (χ0v) is 9.40. The van der Waals surface area contributed by atoms with Gasteiger partial charge in [-0.1, -0.05) is 0 Å². The van der Waals surface area contributed by atoms with Gasteiger partial charge in [-0.25, -0.2) is 0 Å². The summed E-state index contributed by atoms with van der Waals surface area (Å²) >= 11 is 0. The average molecular weight is 213 g/mol. The van der Waals surface area contributed by atoms with E-state index in [0.29, 0.717) is 6.54 Å². The van der Waals surface area contributed by atoms with E-state index in [1.165, 1.54) is 6.92 Å². The van der Waals surface area contributed by atoms with Gasteiger partial charge in [0, 0.05) is 33.1 Å². The van der Waals surface area contributed by atoms with Gasteiger partial charge in [-0.05, 0) is 12.8 Å². The van der Waals surface area contributed by atoms with Crippen molar-refractivity contribution in [2.75, 3.05) is 26.7 Å². The van der Waals surface area contributed by atoms with Gasteiger partial charge in [0.1, 0.15) is 0 Å². The molecule has 1 saturated heterocycles. The van der Waals surface area contributed by atoms with E-state index in [4.69, 9.17) is 5.73 Å². The van der Waals surface area contributed by atoms with Crippen LogP contribution in [0, 0.1) is 0 Å². The SMILES string of the molecule is CC(=O)N(C)C[C@H]1CCCN1C(=O)CN. The van der Waals surface area contributed by atoms with Crippen LogP contribution in [0.15, 0.2) is 0 Å². The lowest BCUT2D eigenvalue weighted by Gasteiger charge is -2.28. The third-order valence-corrected chi connectivity index (χ3v) is 2.89. The molecule has 1 heterocycles. The van der Waals surface area contributed by atoms with Crippen LogP contribution in [0.5, 0.6) is 0 Å². The second-order valence-electron chi connectivity index (χ2n) is 3.99. The van der Waals surface area contributed by atoms with Gasteiger partial charge in [0.05, 0.1) is 6.54 Å². The van der Waals surface area contributed by atoms with Gasteiger partial charge in [0.15, 0.2) is 0 Å². The van der Waals surface area contributed by atoms with Crippen molar-refractivity contribution in [3.63, 3.8) is 0 Å². The van der Waals surface area contributed by atoms with Crippen molar-refractivity contribution in [3.05, 3.63) is 0 Å². The minimum Gasteiger partial charge on any atom is -0.344 e. The van der Waals surface area contributed by atoms with Crippen LogP contribution in [0.4, 0.5) is 0 Å². The Bertz CT molecular complexity index is 255. The van der Waals surface area contributed by atoms with Crippen molar-refractivity contribution in [3.8, 4) is 0 Å². The Morgan fingerprint density at radius 1 is 1.53 bits per heavy atom. The summed E-state index contributed by atoms with van der Waals surface area (Å²) in [4.78, 5) is 26.0. The zero-order valence-electron chi connectivity index (χ0n) is 9.40. The molecule has 15 heavy (non-hydrogen) atoms. The first-order valence-corrected chi connectivity index (χ1v) is 5.27. The van der Waals surface area contributed by atoms with E-state index < -0.39 is 0 Å². The number of likely N-dealkylation sites (N-methyl/N-ethyl adjacent to an activating group) is 1. The van der Waals surface area contributed by atoms with Crippen LogP contribution in [0.2, 0.25) is 0 Å². The summed E-state index contributed by atoms with van der Waals surface area (Å²) in [5.41, 5.74) is 5.33. The average Bonchev–Trinajstić information content (AvgIpc) is 2.64. The summed E-state index contributed by atoms with van der Waals surface area (Å²) in [6.45, 7) is 2.97. The molecule has 0 aromatic rings. The first kappa shape index (κ1) is 12.0. The highest BCUT2D eigenvalue weighted by atomic mass is 16.2. The van der Waals surface area contributed by atoms with Crippen molar-refractivity contribution >= 4 is 11.8 Å². The standard InChI is InChI=1S/C10H19N3O2/c1-8(14)12(2)7-9-4-3-5-13(9)10(15)6-11/h9H,3-7,11H2,1-2H3/t9-/m1/s1. The van der Waals surface area contributed by atoms with Crippen LogP contribution in [-0.2, 0) is 9.59 Å². The number of carbonyl (C=O) groups excluding carboxylic acids is 2. The van der Waals surface area contributed by atoms with E-state index in [1.54, 1.807) is 16.8 Å². The molecule has 1 aliphatic heterocycles. The van der Waals surface area contributed by atoms with Gasteiger partial charge in [0.25, 0.3) is 0 Å². The number of nitrogens with two attached hydrogens (primary N) is 1. The Morgan fingerprint density at radius 2 is 2.20 bits per heavy atom. The molecule has 2 amide bonds. The van der Waals surface area contributed by atoms with E-state index in [9.17, 15) is 9.59 Å². The molecule has 2 N–H and O–H groups in total. The first-order valence-electron chi connectivity index (χ1n) is 5.27. The van der Waals surface area contributed by atoms with Crippen LogP contribution < -0.4 is 5.73 Å². The number of rotatable bonds is 3. The molecule has 0 aromatic carbocycles. The van der Waals surface area contributed by atoms with Crippen molar-refractivity contribution in [2.24, 2.45) is 5.73 Å². The van der Waals surface area contributed by atoms with Crippen LogP contribution in [-0.4, -0.2) is 54.3 Å². The molecule has 0 aliphatic carbocycles. The van der Waals surface area contributed by atoms with E-state index in [2.05, 4.69) is 0 Å². The Labute approximate surface area is 90.2 Å². The molecule has 0 unspecified atom stereocenters. The first-order chi connectivity index (χ1) is 7.06. The maximum absolute atomic E-state index is 11.5. The number of amides is 2. The van der Waals surface area contributed by atoms with E-state index in [0.717, 1.165) is 19.4 Å². The fraction of sp³-hybridized carbons (Fsp3) is 0.800. The number of likely N-dealkylation sites (tertiary alicyclic amines) is 1. The smallest absolute Gasteiger partial charge is 0.236 e. The van der Waals surface area contributed by atoms with Crippen molar-refractivity contribution in [2.45, 2.75) is 25.8 Å². The Morgan fingerprint density at radius 3 is 2.73 bits per heavy atom. The Hall–Kier alpha value is -1.10. The molecule has 0 aromatic heterocycles. The topological polar surface area (TPSA) is 66.6 Å². The Kier molecular flexibility index (Phi) is 4.08. The molecule has 5 nitrogen and oxygen atoms in total. The summed E-state index contributed by atoms with van der Waals surface area (Å²) in [5, 5.41) is 0. The van der Waals surface area contributed by atoms with Gasteiger partial charge < -0.3 is 15.5 Å². The second kappa shape index (κ2) is 5.11. The van der Waals surface area contributed by atoms with Crippen molar-refractivity contribution in [1.29, 1.82) is 0 Å². The van der Waals surface area contributed by atoms with Crippen LogP contribution >= 0.6 is 0 Å². The predicted octanol–water partition coefficient (Wildman–Crippen LogP) is -0.586. The van der Waals surface area contributed by atoms with E-state index in [1.807, 2.05) is 0 Å². The molecule has 1 fully saturated rings. The molecular weight excluding hydrogens is 194 g/mol. The molecule has 0 radical (unpaired) electrons. The normalized spacial score (nSPS) is 20.5. The lowest BCUT2D eigenvalue weighted by atomic mass is 10.2. The van der Waals surface area contributed by atoms with Gasteiger partial charge in [-0.2, -0.15) is 0 Å². The predicted molar refractivity (Wildman–Crippen MR) is 57.1 cm³/mol. The molecular formula is C10H19N3O2. The zero-order chi connectivity index (χ0) is 11.4. The monoisotopic (exact) mass is 213 g/mol. The highest BCUT2D eigenvalue weighted by Gasteiger charge is 2.28. The van der Waals surface area contributed by atoms with Crippen LogP contribution in [0.25, 0.3) is 0 Å². The number of hydrogen-bond donors (Lipinski definition) is 1. The highest BCUT2D eigenvalue weighted by Crippen LogP contribution is 2.17. The maximum atomic E-state index is 11.5. The minimum atomic E-state index is -0.0190. The molecule has 0 bridgehead atoms. The molecule has 0 saturated carbocycles. The van der Waals surface area contributed by atoms with E-state index in [-0.39, 0.29) is 24.4 Å². The fourth-order valence-electron chi connectivity index (χ4n) is 1.92. The summed E-state index contributed by atoms with van der Waals surface area (Å²) in [6, 6.07) is 0.148. The fourth-order valence-corrected chi connectivity index (χ4v) is 1.92.